The van der Waals surface area contributed by atoms with Crippen molar-refractivity contribution in [2.24, 2.45) is 0 Å². The highest BCUT2D eigenvalue weighted by Gasteiger charge is 2.29. The van der Waals surface area contributed by atoms with E-state index in [4.69, 9.17) is 9.47 Å². The van der Waals surface area contributed by atoms with Crippen molar-refractivity contribution >= 4 is 27.9 Å². The van der Waals surface area contributed by atoms with Crippen LogP contribution in [0, 0.1) is 0 Å². The van der Waals surface area contributed by atoms with Crippen LogP contribution in [0.1, 0.15) is 33.6 Å². The van der Waals surface area contributed by atoms with Crippen LogP contribution in [-0.4, -0.2) is 43.5 Å². The van der Waals surface area contributed by atoms with E-state index in [0.717, 1.165) is 32.9 Å². The van der Waals surface area contributed by atoms with E-state index in [1.165, 1.54) is 0 Å². The van der Waals surface area contributed by atoms with Crippen molar-refractivity contribution in [1.29, 1.82) is 0 Å². The van der Waals surface area contributed by atoms with Crippen molar-refractivity contribution in [1.82, 2.24) is 14.5 Å². The van der Waals surface area contributed by atoms with E-state index in [0.29, 0.717) is 18.7 Å². The Bertz CT molecular complexity index is 1300. The van der Waals surface area contributed by atoms with E-state index in [1.807, 2.05) is 57.2 Å². The first-order valence-corrected chi connectivity index (χ1v) is 10.7. The molecule has 1 aromatic carbocycles. The fourth-order valence-corrected chi connectivity index (χ4v) is 3.97. The van der Waals surface area contributed by atoms with Crippen LogP contribution in [0.25, 0.3) is 32.9 Å². The maximum absolute atomic E-state index is 13.1. The monoisotopic (exact) mass is 431 g/mol. The molecule has 0 saturated heterocycles. The summed E-state index contributed by atoms with van der Waals surface area (Å²) in [6, 6.07) is 11.6. The summed E-state index contributed by atoms with van der Waals surface area (Å²) in [5.41, 5.74) is 2.73. The number of aliphatic hydroxyl groups is 1. The summed E-state index contributed by atoms with van der Waals surface area (Å²) in [4.78, 5) is 21.7. The van der Waals surface area contributed by atoms with Gasteiger partial charge in [0.2, 0.25) is 5.88 Å². The maximum atomic E-state index is 13.1. The molecule has 3 aromatic heterocycles. The standard InChI is InChI=1S/C25H25N3O4/c1-25(2,3)32-24(30)28-21-8-9-26-14-20(21)19-6-4-15(10-22(19)28)16-5-7-23(27-13-16)31-18-11-17(29)12-18/h4-10,13-14,17-18,29H,11-12H2,1-3H3/t17-,18+. The van der Waals surface area contributed by atoms with Gasteiger partial charge in [0.05, 0.1) is 17.1 Å². The zero-order valence-corrected chi connectivity index (χ0v) is 18.3. The second-order valence-corrected chi connectivity index (χ2v) is 9.19. The average Bonchev–Trinajstić information content (AvgIpc) is 3.06. The first kappa shape index (κ1) is 20.5. The van der Waals surface area contributed by atoms with E-state index in [1.54, 1.807) is 23.2 Å². The Kier molecular flexibility index (Phi) is 4.86. The third kappa shape index (κ3) is 3.80. The maximum Gasteiger partial charge on any atom is 0.419 e. The van der Waals surface area contributed by atoms with E-state index in [2.05, 4.69) is 9.97 Å². The second kappa shape index (κ2) is 7.60. The molecule has 0 radical (unpaired) electrons. The number of aliphatic hydroxyl groups excluding tert-OH is 1. The fourth-order valence-electron chi connectivity index (χ4n) is 3.97. The lowest BCUT2D eigenvalue weighted by Crippen LogP contribution is -2.37. The zero-order chi connectivity index (χ0) is 22.5. The Balaban J connectivity index is 1.53. The number of fused-ring (bicyclic) bond motifs is 3. The molecule has 7 nitrogen and oxygen atoms in total. The quantitative estimate of drug-likeness (QED) is 0.495. The van der Waals surface area contributed by atoms with E-state index < -0.39 is 11.7 Å². The molecule has 4 aromatic rings. The predicted octanol–water partition coefficient (Wildman–Crippen LogP) is 4.94. The van der Waals surface area contributed by atoms with Gasteiger partial charge >= 0.3 is 6.09 Å². The summed E-state index contributed by atoms with van der Waals surface area (Å²) < 4.78 is 13.1. The molecule has 3 heterocycles. The molecule has 1 aliphatic rings. The van der Waals surface area contributed by atoms with Crippen LogP contribution in [0.3, 0.4) is 0 Å². The highest BCUT2D eigenvalue weighted by atomic mass is 16.6. The first-order valence-electron chi connectivity index (χ1n) is 10.7. The van der Waals surface area contributed by atoms with Gasteiger partial charge in [0.1, 0.15) is 11.7 Å². The number of ether oxygens (including phenoxy) is 2. The van der Waals surface area contributed by atoms with Crippen LogP contribution in [0.15, 0.2) is 55.0 Å². The second-order valence-electron chi connectivity index (χ2n) is 9.19. The number of nitrogens with zero attached hydrogens (tertiary/aromatic N) is 3. The normalized spacial score (nSPS) is 18.5. The van der Waals surface area contributed by atoms with Crippen molar-refractivity contribution in [2.45, 2.75) is 51.4 Å². The Morgan fingerprint density at radius 3 is 2.50 bits per heavy atom. The Hall–Kier alpha value is -3.45. The third-order valence-corrected chi connectivity index (χ3v) is 5.57. The molecule has 0 amide bonds. The number of hydrogen-bond donors (Lipinski definition) is 1. The number of aromatic nitrogens is 3. The third-order valence-electron chi connectivity index (χ3n) is 5.57. The number of benzene rings is 1. The van der Waals surface area contributed by atoms with Crippen molar-refractivity contribution < 1.29 is 19.4 Å². The van der Waals surface area contributed by atoms with E-state index in [9.17, 15) is 9.90 Å². The molecule has 32 heavy (non-hydrogen) atoms. The van der Waals surface area contributed by atoms with Gasteiger partial charge in [-0.2, -0.15) is 0 Å². The van der Waals surface area contributed by atoms with Crippen LogP contribution >= 0.6 is 0 Å². The average molecular weight is 431 g/mol. The number of carbonyl (C=O) groups excluding carboxylic acids is 1. The molecular weight excluding hydrogens is 406 g/mol. The highest BCUT2D eigenvalue weighted by molar-refractivity contribution is 6.13. The molecule has 1 aliphatic carbocycles. The van der Waals surface area contributed by atoms with Crippen molar-refractivity contribution in [3.63, 3.8) is 0 Å². The molecule has 0 aliphatic heterocycles. The molecule has 5 rings (SSSR count). The summed E-state index contributed by atoms with van der Waals surface area (Å²) in [6.45, 7) is 5.56. The Labute approximate surface area is 185 Å². The van der Waals surface area contributed by atoms with Gasteiger partial charge in [0.15, 0.2) is 0 Å². The van der Waals surface area contributed by atoms with Crippen LogP contribution in [-0.2, 0) is 4.74 Å². The SMILES string of the molecule is CC(C)(C)OC(=O)n1c2ccncc2c2ccc(-c3ccc(O[C@H]4C[C@@H](O)C4)nc3)cc21. The van der Waals surface area contributed by atoms with Gasteiger partial charge in [0.25, 0.3) is 0 Å². The fraction of sp³-hybridized carbons (Fsp3) is 0.320. The predicted molar refractivity (Wildman–Crippen MR) is 122 cm³/mol. The molecule has 0 spiro atoms. The van der Waals surface area contributed by atoms with Crippen molar-refractivity contribution in [3.8, 4) is 17.0 Å². The van der Waals surface area contributed by atoms with Gasteiger partial charge in [-0.15, -0.1) is 0 Å². The van der Waals surface area contributed by atoms with Crippen LogP contribution < -0.4 is 4.74 Å². The van der Waals surface area contributed by atoms with Crippen LogP contribution in [0.4, 0.5) is 4.79 Å². The zero-order valence-electron chi connectivity index (χ0n) is 18.3. The summed E-state index contributed by atoms with van der Waals surface area (Å²) in [5.74, 6) is 0.542. The topological polar surface area (TPSA) is 86.5 Å². The minimum atomic E-state index is -0.610. The largest absolute Gasteiger partial charge is 0.474 e. The van der Waals surface area contributed by atoms with Crippen LogP contribution in [0.2, 0.25) is 0 Å². The van der Waals surface area contributed by atoms with Crippen molar-refractivity contribution in [3.05, 3.63) is 55.0 Å². The Morgan fingerprint density at radius 1 is 1.03 bits per heavy atom. The first-order chi connectivity index (χ1) is 15.3. The Morgan fingerprint density at radius 2 is 1.81 bits per heavy atom. The van der Waals surface area contributed by atoms with E-state index in [-0.39, 0.29) is 12.2 Å². The number of rotatable bonds is 3. The number of pyridine rings is 2. The molecule has 7 heteroatoms. The van der Waals surface area contributed by atoms with Gasteiger partial charge in [-0.1, -0.05) is 12.1 Å². The van der Waals surface area contributed by atoms with Gasteiger partial charge in [-0.25, -0.2) is 14.3 Å². The minimum absolute atomic E-state index is 0.0258. The minimum Gasteiger partial charge on any atom is -0.474 e. The molecule has 1 saturated carbocycles. The number of hydrogen-bond acceptors (Lipinski definition) is 6. The molecule has 1 N–H and O–H groups in total. The molecule has 164 valence electrons. The van der Waals surface area contributed by atoms with Gasteiger partial charge < -0.3 is 14.6 Å². The number of carbonyl (C=O) groups is 1. The summed E-state index contributed by atoms with van der Waals surface area (Å²) in [6.07, 6.45) is 5.82. The molecular formula is C25H25N3O4. The van der Waals surface area contributed by atoms with Crippen LogP contribution in [0.5, 0.6) is 5.88 Å². The lowest BCUT2D eigenvalue weighted by Gasteiger charge is -2.31. The lowest BCUT2D eigenvalue weighted by atomic mass is 9.92. The summed E-state index contributed by atoms with van der Waals surface area (Å²) in [5, 5.41) is 11.2. The highest BCUT2D eigenvalue weighted by Crippen LogP contribution is 2.33. The lowest BCUT2D eigenvalue weighted by molar-refractivity contribution is -0.0128. The summed E-state index contributed by atoms with van der Waals surface area (Å²) in [7, 11) is 0. The van der Waals surface area contributed by atoms with Gasteiger partial charge in [-0.3, -0.25) is 4.98 Å². The molecule has 0 atom stereocenters. The van der Waals surface area contributed by atoms with Gasteiger partial charge in [-0.05, 0) is 44.5 Å². The summed E-state index contributed by atoms with van der Waals surface area (Å²) >= 11 is 0. The van der Waals surface area contributed by atoms with Gasteiger partial charge in [0, 0.05) is 53.8 Å². The molecule has 0 unspecified atom stereocenters. The molecule has 1 fully saturated rings. The smallest absolute Gasteiger partial charge is 0.419 e. The van der Waals surface area contributed by atoms with Crippen molar-refractivity contribution in [2.75, 3.05) is 0 Å². The van der Waals surface area contributed by atoms with E-state index >= 15 is 0 Å². The molecule has 0 bridgehead atoms.